The normalized spacial score (nSPS) is 11.0. The van der Waals surface area contributed by atoms with E-state index in [1.54, 1.807) is 0 Å². The molecule has 0 radical (unpaired) electrons. The second-order valence-corrected chi connectivity index (χ2v) is 5.71. The minimum Gasteiger partial charge on any atom is -0.394 e. The van der Waals surface area contributed by atoms with Crippen LogP contribution >= 0.6 is 11.3 Å². The van der Waals surface area contributed by atoms with Crippen LogP contribution in [0, 0.1) is 6.92 Å². The maximum Gasteiger partial charge on any atom is 0.264 e. The van der Waals surface area contributed by atoms with Crippen molar-refractivity contribution in [3.05, 3.63) is 34.0 Å². The Balaban J connectivity index is 1.81. The van der Waals surface area contributed by atoms with Gasteiger partial charge in [-0.1, -0.05) is 0 Å². The lowest BCUT2D eigenvalue weighted by Gasteiger charge is -2.05. The summed E-state index contributed by atoms with van der Waals surface area (Å²) in [6.45, 7) is 1.82. The van der Waals surface area contributed by atoms with Crippen molar-refractivity contribution in [2.75, 3.05) is 11.9 Å². The van der Waals surface area contributed by atoms with Gasteiger partial charge < -0.3 is 10.4 Å². The van der Waals surface area contributed by atoms with Gasteiger partial charge in [-0.2, -0.15) is 5.10 Å². The maximum atomic E-state index is 12.4. The van der Waals surface area contributed by atoms with Crippen LogP contribution in [0.25, 0.3) is 11.0 Å². The minimum atomic E-state index is -0.357. The Morgan fingerprint density at radius 1 is 1.48 bits per heavy atom. The number of hydrogen-bond donors (Lipinski definition) is 2. The lowest BCUT2D eigenvalue weighted by atomic mass is 10.4. The van der Waals surface area contributed by atoms with Crippen LogP contribution in [0.1, 0.15) is 5.69 Å². The van der Waals surface area contributed by atoms with Gasteiger partial charge in [0.1, 0.15) is 18.3 Å². The molecule has 0 saturated carbocycles. The molecule has 1 amide bonds. The van der Waals surface area contributed by atoms with Crippen molar-refractivity contribution < 1.29 is 9.90 Å². The van der Waals surface area contributed by atoms with Gasteiger partial charge in [0.2, 0.25) is 5.91 Å². The number of aryl methyl sites for hydroxylation is 1. The summed E-state index contributed by atoms with van der Waals surface area (Å²) in [4.78, 5) is 32.6. The Morgan fingerprint density at radius 2 is 2.30 bits per heavy atom. The number of carbonyl (C=O) groups excluding carboxylic acids is 1. The Kier molecular flexibility index (Phi) is 4.17. The van der Waals surface area contributed by atoms with Crippen LogP contribution in [0.4, 0.5) is 5.13 Å². The summed E-state index contributed by atoms with van der Waals surface area (Å²) in [5, 5.41) is 18.2. The zero-order valence-corrected chi connectivity index (χ0v) is 13.1. The van der Waals surface area contributed by atoms with E-state index in [1.165, 1.54) is 33.1 Å². The smallest absolute Gasteiger partial charge is 0.264 e. The summed E-state index contributed by atoms with van der Waals surface area (Å²) in [5.41, 5.74) is 0.850. The molecular weight excluding hydrogens is 320 g/mol. The summed E-state index contributed by atoms with van der Waals surface area (Å²) in [6, 6.07) is 0. The summed E-state index contributed by atoms with van der Waals surface area (Å²) < 4.78 is 2.66. The third-order valence-electron chi connectivity index (χ3n) is 3.11. The van der Waals surface area contributed by atoms with Crippen molar-refractivity contribution >= 4 is 33.4 Å². The van der Waals surface area contributed by atoms with E-state index in [0.29, 0.717) is 16.2 Å². The lowest BCUT2D eigenvalue weighted by molar-refractivity contribution is -0.116. The van der Waals surface area contributed by atoms with E-state index in [2.05, 4.69) is 20.4 Å². The SMILES string of the molecule is Cc1csc(NC(=O)Cn2cnc3c(cnn3CCO)c2=O)n1. The first-order valence-electron chi connectivity index (χ1n) is 6.82. The molecule has 3 rings (SSSR count). The zero-order valence-electron chi connectivity index (χ0n) is 12.3. The molecule has 0 aliphatic rings. The highest BCUT2D eigenvalue weighted by molar-refractivity contribution is 7.13. The number of nitrogens with one attached hydrogen (secondary N) is 1. The number of rotatable bonds is 5. The average Bonchev–Trinajstić information content (AvgIpc) is 3.10. The van der Waals surface area contributed by atoms with Crippen LogP contribution in [0.15, 0.2) is 22.7 Å². The summed E-state index contributed by atoms with van der Waals surface area (Å²) in [5.74, 6) is -0.356. The van der Waals surface area contributed by atoms with E-state index in [1.807, 2.05) is 12.3 Å². The number of amides is 1. The van der Waals surface area contributed by atoms with E-state index < -0.39 is 0 Å². The third kappa shape index (κ3) is 3.12. The van der Waals surface area contributed by atoms with E-state index in [9.17, 15) is 9.59 Å². The van der Waals surface area contributed by atoms with Crippen molar-refractivity contribution in [1.29, 1.82) is 0 Å². The number of aliphatic hydroxyl groups excluding tert-OH is 1. The van der Waals surface area contributed by atoms with Crippen molar-refractivity contribution in [3.8, 4) is 0 Å². The van der Waals surface area contributed by atoms with Crippen molar-refractivity contribution in [2.45, 2.75) is 20.0 Å². The van der Waals surface area contributed by atoms with Crippen LogP contribution in [0.5, 0.6) is 0 Å². The highest BCUT2D eigenvalue weighted by Crippen LogP contribution is 2.14. The Bertz CT molecular complexity index is 912. The predicted molar refractivity (Wildman–Crippen MR) is 84.4 cm³/mol. The molecule has 0 aliphatic heterocycles. The summed E-state index contributed by atoms with van der Waals surface area (Å²) in [7, 11) is 0. The fourth-order valence-electron chi connectivity index (χ4n) is 2.09. The fourth-order valence-corrected chi connectivity index (χ4v) is 2.80. The highest BCUT2D eigenvalue weighted by atomic mass is 32.1. The van der Waals surface area contributed by atoms with Gasteiger partial charge in [-0.05, 0) is 6.92 Å². The first-order valence-corrected chi connectivity index (χ1v) is 7.70. The fraction of sp³-hybridized carbons (Fsp3) is 0.308. The largest absolute Gasteiger partial charge is 0.394 e. The molecule has 0 fully saturated rings. The first-order chi connectivity index (χ1) is 11.1. The second kappa shape index (κ2) is 6.26. The molecule has 0 aliphatic carbocycles. The number of aliphatic hydroxyl groups is 1. The number of aromatic nitrogens is 5. The first kappa shape index (κ1) is 15.3. The molecule has 0 saturated heterocycles. The molecule has 23 heavy (non-hydrogen) atoms. The monoisotopic (exact) mass is 334 g/mol. The Labute approximate surface area is 134 Å². The molecule has 2 N–H and O–H groups in total. The standard InChI is InChI=1S/C13H14N6O3S/c1-8-6-23-13(16-8)17-10(21)5-18-7-14-11-9(12(18)22)4-15-19(11)2-3-20/h4,6-7,20H,2-3,5H2,1H3,(H,16,17,21). The number of fused-ring (bicyclic) bond motifs is 1. The molecule has 0 atom stereocenters. The number of anilines is 1. The Morgan fingerprint density at radius 3 is 3.00 bits per heavy atom. The maximum absolute atomic E-state index is 12.4. The average molecular weight is 334 g/mol. The topological polar surface area (TPSA) is 115 Å². The molecule has 0 spiro atoms. The minimum absolute atomic E-state index is 0.100. The summed E-state index contributed by atoms with van der Waals surface area (Å²) in [6.07, 6.45) is 2.69. The second-order valence-electron chi connectivity index (χ2n) is 4.85. The van der Waals surface area contributed by atoms with Crippen molar-refractivity contribution in [3.63, 3.8) is 0 Å². The molecule has 9 nitrogen and oxygen atoms in total. The molecule has 3 heterocycles. The van der Waals surface area contributed by atoms with Crippen LogP contribution in [-0.2, 0) is 17.9 Å². The number of thiazole rings is 1. The van der Waals surface area contributed by atoms with Crippen molar-refractivity contribution in [2.24, 2.45) is 0 Å². The van der Waals surface area contributed by atoms with Gasteiger partial charge in [0.05, 0.1) is 25.0 Å². The van der Waals surface area contributed by atoms with Gasteiger partial charge in [0.15, 0.2) is 10.8 Å². The molecule has 0 bridgehead atoms. The van der Waals surface area contributed by atoms with Gasteiger partial charge >= 0.3 is 0 Å². The van der Waals surface area contributed by atoms with Gasteiger partial charge in [0.25, 0.3) is 5.56 Å². The number of carbonyl (C=O) groups is 1. The number of nitrogens with zero attached hydrogens (tertiary/aromatic N) is 5. The van der Waals surface area contributed by atoms with Crippen molar-refractivity contribution in [1.82, 2.24) is 24.3 Å². The number of hydrogen-bond acceptors (Lipinski definition) is 7. The quantitative estimate of drug-likeness (QED) is 0.678. The molecule has 3 aromatic rings. The van der Waals surface area contributed by atoms with Gasteiger partial charge in [0, 0.05) is 5.38 Å². The Hall–Kier alpha value is -2.59. The van der Waals surface area contributed by atoms with Crippen LogP contribution in [0.3, 0.4) is 0 Å². The lowest BCUT2D eigenvalue weighted by Crippen LogP contribution is -2.27. The van der Waals surface area contributed by atoms with Crippen LogP contribution < -0.4 is 10.9 Å². The molecular formula is C13H14N6O3S. The molecule has 0 unspecified atom stereocenters. The van der Waals surface area contributed by atoms with Gasteiger partial charge in [-0.3, -0.25) is 14.2 Å². The third-order valence-corrected chi connectivity index (χ3v) is 3.99. The van der Waals surface area contributed by atoms with Crippen LogP contribution in [0.2, 0.25) is 0 Å². The van der Waals surface area contributed by atoms with E-state index in [4.69, 9.17) is 5.11 Å². The molecule has 0 aromatic carbocycles. The molecule has 10 heteroatoms. The van der Waals surface area contributed by atoms with E-state index >= 15 is 0 Å². The zero-order chi connectivity index (χ0) is 16.4. The van der Waals surface area contributed by atoms with Gasteiger partial charge in [-0.25, -0.2) is 14.6 Å². The predicted octanol–water partition coefficient (Wildman–Crippen LogP) is -0.0111. The molecule has 3 aromatic heterocycles. The van der Waals surface area contributed by atoms with E-state index in [0.717, 1.165) is 5.69 Å². The molecule has 120 valence electrons. The highest BCUT2D eigenvalue weighted by Gasteiger charge is 2.12. The van der Waals surface area contributed by atoms with Gasteiger partial charge in [-0.15, -0.1) is 11.3 Å². The van der Waals surface area contributed by atoms with E-state index in [-0.39, 0.29) is 31.2 Å². The van der Waals surface area contributed by atoms with Crippen LogP contribution in [-0.4, -0.2) is 41.9 Å². The summed E-state index contributed by atoms with van der Waals surface area (Å²) >= 11 is 1.32.